The zero-order chi connectivity index (χ0) is 15.9. The molecule has 1 aromatic carbocycles. The Balaban J connectivity index is 2.02. The molecule has 3 N–H and O–H groups in total. The first-order valence-electron chi connectivity index (χ1n) is 7.29. The Labute approximate surface area is 130 Å². The lowest BCUT2D eigenvalue weighted by Gasteiger charge is -2.17. The van der Waals surface area contributed by atoms with Gasteiger partial charge in [-0.05, 0) is 31.5 Å². The molecule has 1 heterocycles. The molecule has 1 aromatic heterocycles. The van der Waals surface area contributed by atoms with Gasteiger partial charge >= 0.3 is 0 Å². The van der Waals surface area contributed by atoms with E-state index in [0.717, 1.165) is 23.4 Å². The second kappa shape index (κ2) is 7.82. The minimum Gasteiger partial charge on any atom is -0.493 e. The molecule has 1 atom stereocenters. The molecule has 0 fully saturated rings. The topological polar surface area (TPSA) is 79.4 Å². The number of aromatic nitrogens is 2. The Morgan fingerprint density at radius 3 is 2.82 bits per heavy atom. The van der Waals surface area contributed by atoms with Crippen molar-refractivity contribution in [1.29, 1.82) is 0 Å². The summed E-state index contributed by atoms with van der Waals surface area (Å²) in [6.07, 6.45) is 1.83. The molecule has 0 saturated carbocycles. The lowest BCUT2D eigenvalue weighted by Crippen LogP contribution is -2.18. The maximum absolute atomic E-state index is 8.83. The van der Waals surface area contributed by atoms with Crippen molar-refractivity contribution in [2.45, 2.75) is 26.4 Å². The van der Waals surface area contributed by atoms with Crippen LogP contribution < -0.4 is 14.8 Å². The second-order valence-electron chi connectivity index (χ2n) is 5.11. The molecule has 0 aliphatic carbocycles. The van der Waals surface area contributed by atoms with Crippen LogP contribution in [0.3, 0.4) is 0 Å². The van der Waals surface area contributed by atoms with E-state index in [4.69, 9.17) is 14.6 Å². The predicted molar refractivity (Wildman–Crippen MR) is 84.2 cm³/mol. The molecule has 0 aliphatic heterocycles. The van der Waals surface area contributed by atoms with Crippen molar-refractivity contribution in [2.75, 3.05) is 20.3 Å². The predicted octanol–water partition coefficient (Wildman–Crippen LogP) is 1.95. The van der Waals surface area contributed by atoms with Crippen LogP contribution in [0.1, 0.15) is 29.8 Å². The van der Waals surface area contributed by atoms with Crippen LogP contribution in [0.2, 0.25) is 0 Å². The molecule has 0 bridgehead atoms. The number of aliphatic hydroxyl groups excluding tert-OH is 1. The molecule has 2 aromatic rings. The smallest absolute Gasteiger partial charge is 0.161 e. The first-order chi connectivity index (χ1) is 10.7. The van der Waals surface area contributed by atoms with Gasteiger partial charge in [-0.15, -0.1) is 0 Å². The number of ether oxygens (including phenoxy) is 2. The summed E-state index contributed by atoms with van der Waals surface area (Å²) in [5.74, 6) is 1.30. The summed E-state index contributed by atoms with van der Waals surface area (Å²) < 4.78 is 10.8. The largest absolute Gasteiger partial charge is 0.493 e. The van der Waals surface area contributed by atoms with Gasteiger partial charge < -0.3 is 19.9 Å². The third-order valence-electron chi connectivity index (χ3n) is 3.57. The molecular formula is C16H23N3O3. The van der Waals surface area contributed by atoms with Gasteiger partial charge in [-0.2, -0.15) is 5.10 Å². The number of benzene rings is 1. The van der Waals surface area contributed by atoms with E-state index in [-0.39, 0.29) is 19.3 Å². The molecule has 0 saturated heterocycles. The molecule has 22 heavy (non-hydrogen) atoms. The Kier molecular flexibility index (Phi) is 5.80. The molecule has 0 spiro atoms. The fourth-order valence-corrected chi connectivity index (χ4v) is 2.16. The van der Waals surface area contributed by atoms with Gasteiger partial charge in [-0.1, -0.05) is 6.07 Å². The molecule has 0 radical (unpaired) electrons. The van der Waals surface area contributed by atoms with E-state index >= 15 is 0 Å². The zero-order valence-electron chi connectivity index (χ0n) is 13.2. The van der Waals surface area contributed by atoms with Gasteiger partial charge in [0, 0.05) is 23.8 Å². The first kappa shape index (κ1) is 16.3. The van der Waals surface area contributed by atoms with Crippen molar-refractivity contribution in [1.82, 2.24) is 15.5 Å². The van der Waals surface area contributed by atoms with E-state index < -0.39 is 0 Å². The van der Waals surface area contributed by atoms with Crippen LogP contribution in [0.15, 0.2) is 24.4 Å². The minimum absolute atomic E-state index is 0.0209. The van der Waals surface area contributed by atoms with E-state index in [0.29, 0.717) is 11.5 Å². The number of methoxy groups -OCH3 is 1. The number of hydrogen-bond acceptors (Lipinski definition) is 5. The Hall–Kier alpha value is -2.05. The number of hydrogen-bond donors (Lipinski definition) is 3. The molecule has 0 amide bonds. The highest BCUT2D eigenvalue weighted by Crippen LogP contribution is 2.30. The number of nitrogens with one attached hydrogen (secondary N) is 2. The maximum atomic E-state index is 8.83. The molecular weight excluding hydrogens is 282 g/mol. The van der Waals surface area contributed by atoms with Crippen LogP contribution in [0.5, 0.6) is 11.5 Å². The van der Waals surface area contributed by atoms with Gasteiger partial charge in [0.15, 0.2) is 11.5 Å². The van der Waals surface area contributed by atoms with E-state index in [1.54, 1.807) is 7.11 Å². The number of aliphatic hydroxyl groups is 1. The van der Waals surface area contributed by atoms with Crippen LogP contribution in [0, 0.1) is 6.92 Å². The van der Waals surface area contributed by atoms with Crippen LogP contribution in [0.4, 0.5) is 0 Å². The number of rotatable bonds is 8. The molecule has 6 heteroatoms. The van der Waals surface area contributed by atoms with Gasteiger partial charge in [-0.25, -0.2) is 0 Å². The van der Waals surface area contributed by atoms with Gasteiger partial charge in [-0.3, -0.25) is 5.10 Å². The highest BCUT2D eigenvalue weighted by Gasteiger charge is 2.11. The van der Waals surface area contributed by atoms with Gasteiger partial charge in [0.2, 0.25) is 0 Å². The average Bonchev–Trinajstić information content (AvgIpc) is 2.95. The molecule has 120 valence electrons. The summed E-state index contributed by atoms with van der Waals surface area (Å²) in [6.45, 7) is 5.08. The second-order valence-corrected chi connectivity index (χ2v) is 5.11. The number of nitrogens with zero attached hydrogens (tertiary/aromatic N) is 1. The fourth-order valence-electron chi connectivity index (χ4n) is 2.16. The standard InChI is InChI=1S/C16H23N3O3/c1-11(17-9-14-10-18-19-12(14)2)13-4-5-15(22-7-6-20)16(8-13)21-3/h4-5,8,10-11,17,20H,6-7,9H2,1-3H3,(H,18,19). The Morgan fingerprint density at radius 2 is 2.18 bits per heavy atom. The number of aromatic amines is 1. The number of H-pyrrole nitrogens is 1. The highest BCUT2D eigenvalue weighted by atomic mass is 16.5. The van der Waals surface area contributed by atoms with E-state index in [9.17, 15) is 0 Å². The molecule has 6 nitrogen and oxygen atoms in total. The Morgan fingerprint density at radius 1 is 1.36 bits per heavy atom. The van der Waals surface area contributed by atoms with E-state index in [1.807, 2.05) is 31.3 Å². The lowest BCUT2D eigenvalue weighted by atomic mass is 10.1. The van der Waals surface area contributed by atoms with Crippen molar-refractivity contribution < 1.29 is 14.6 Å². The van der Waals surface area contributed by atoms with Crippen molar-refractivity contribution in [2.24, 2.45) is 0 Å². The van der Waals surface area contributed by atoms with Crippen molar-refractivity contribution in [3.05, 3.63) is 41.2 Å². The van der Waals surface area contributed by atoms with Crippen LogP contribution in [-0.4, -0.2) is 35.6 Å². The molecule has 2 rings (SSSR count). The maximum Gasteiger partial charge on any atom is 0.161 e. The summed E-state index contributed by atoms with van der Waals surface area (Å²) in [7, 11) is 1.61. The van der Waals surface area contributed by atoms with E-state index in [1.165, 1.54) is 0 Å². The summed E-state index contributed by atoms with van der Waals surface area (Å²) in [5.41, 5.74) is 3.33. The van der Waals surface area contributed by atoms with Crippen LogP contribution >= 0.6 is 0 Å². The van der Waals surface area contributed by atoms with Crippen molar-refractivity contribution in [3.8, 4) is 11.5 Å². The Bertz CT molecular complexity index is 598. The fraction of sp³-hybridized carbons (Fsp3) is 0.438. The monoisotopic (exact) mass is 305 g/mol. The minimum atomic E-state index is -0.0209. The third-order valence-corrected chi connectivity index (χ3v) is 3.57. The zero-order valence-corrected chi connectivity index (χ0v) is 13.2. The quantitative estimate of drug-likeness (QED) is 0.694. The van der Waals surface area contributed by atoms with Gasteiger partial charge in [0.1, 0.15) is 6.61 Å². The summed E-state index contributed by atoms with van der Waals surface area (Å²) in [6, 6.07) is 5.97. The summed E-state index contributed by atoms with van der Waals surface area (Å²) in [5, 5.41) is 19.2. The van der Waals surface area contributed by atoms with Gasteiger partial charge in [0.25, 0.3) is 0 Å². The molecule has 0 aliphatic rings. The molecule has 1 unspecified atom stereocenters. The van der Waals surface area contributed by atoms with Crippen molar-refractivity contribution >= 4 is 0 Å². The normalized spacial score (nSPS) is 12.2. The van der Waals surface area contributed by atoms with Crippen LogP contribution in [0.25, 0.3) is 0 Å². The first-order valence-corrected chi connectivity index (χ1v) is 7.29. The van der Waals surface area contributed by atoms with Crippen LogP contribution in [-0.2, 0) is 6.54 Å². The van der Waals surface area contributed by atoms with Gasteiger partial charge in [0.05, 0.1) is 19.9 Å². The third kappa shape index (κ3) is 3.99. The number of aryl methyl sites for hydroxylation is 1. The summed E-state index contributed by atoms with van der Waals surface area (Å²) >= 11 is 0. The lowest BCUT2D eigenvalue weighted by molar-refractivity contribution is 0.196. The summed E-state index contributed by atoms with van der Waals surface area (Å²) in [4.78, 5) is 0. The SMILES string of the molecule is COc1cc(C(C)NCc2cn[nH]c2C)ccc1OCCO. The van der Waals surface area contributed by atoms with E-state index in [2.05, 4.69) is 22.4 Å². The van der Waals surface area contributed by atoms with Crippen molar-refractivity contribution in [3.63, 3.8) is 0 Å². The highest BCUT2D eigenvalue weighted by molar-refractivity contribution is 5.43. The average molecular weight is 305 g/mol.